The summed E-state index contributed by atoms with van der Waals surface area (Å²) in [5, 5.41) is 9.93. The molecule has 1 unspecified atom stereocenters. The quantitative estimate of drug-likeness (QED) is 0.729. The van der Waals surface area contributed by atoms with Gasteiger partial charge < -0.3 is 5.73 Å². The molecule has 7 nitrogen and oxygen atoms in total. The zero-order valence-corrected chi connectivity index (χ0v) is 12.1. The lowest BCUT2D eigenvalue weighted by atomic mass is 9.93. The molecule has 1 atom stereocenters. The highest BCUT2D eigenvalue weighted by Crippen LogP contribution is 2.34. The molecule has 0 bridgehead atoms. The third-order valence-electron chi connectivity index (χ3n) is 4.33. The molecular weight excluding hydrogens is 266 g/mol. The van der Waals surface area contributed by atoms with E-state index in [2.05, 4.69) is 20.2 Å². The van der Waals surface area contributed by atoms with Crippen molar-refractivity contribution in [2.75, 3.05) is 5.73 Å². The van der Waals surface area contributed by atoms with Crippen molar-refractivity contribution in [3.63, 3.8) is 0 Å². The molecule has 3 aromatic heterocycles. The summed E-state index contributed by atoms with van der Waals surface area (Å²) in [6.07, 6.45) is 6.68. The lowest BCUT2D eigenvalue weighted by molar-refractivity contribution is 0.451. The number of anilines is 1. The van der Waals surface area contributed by atoms with Crippen LogP contribution in [0.3, 0.4) is 0 Å². The summed E-state index contributed by atoms with van der Waals surface area (Å²) in [6.45, 7) is 1.95. The molecule has 0 aromatic carbocycles. The minimum Gasteiger partial charge on any atom is -0.383 e. The van der Waals surface area contributed by atoms with Gasteiger partial charge in [-0.1, -0.05) is 0 Å². The van der Waals surface area contributed by atoms with Crippen LogP contribution in [0.25, 0.3) is 11.0 Å². The van der Waals surface area contributed by atoms with Gasteiger partial charge in [-0.15, -0.1) is 0 Å². The van der Waals surface area contributed by atoms with Crippen LogP contribution in [0.4, 0.5) is 5.82 Å². The second-order valence-electron chi connectivity index (χ2n) is 5.57. The van der Waals surface area contributed by atoms with E-state index in [1.807, 2.05) is 29.5 Å². The minimum atomic E-state index is 0.174. The number of nitrogens with two attached hydrogens (primary N) is 1. The van der Waals surface area contributed by atoms with Gasteiger partial charge in [0.05, 0.1) is 23.3 Å². The fourth-order valence-electron chi connectivity index (χ4n) is 3.32. The van der Waals surface area contributed by atoms with Crippen molar-refractivity contribution in [2.24, 2.45) is 7.05 Å². The second-order valence-corrected chi connectivity index (χ2v) is 5.57. The molecule has 21 heavy (non-hydrogen) atoms. The molecule has 1 aliphatic rings. The molecule has 108 valence electrons. The van der Waals surface area contributed by atoms with Crippen LogP contribution in [0, 0.1) is 6.92 Å². The normalized spacial score (nSPS) is 18.1. The largest absolute Gasteiger partial charge is 0.383 e. The van der Waals surface area contributed by atoms with Crippen LogP contribution in [0.15, 0.2) is 12.5 Å². The predicted molar refractivity (Wildman–Crippen MR) is 78.8 cm³/mol. The van der Waals surface area contributed by atoms with E-state index < -0.39 is 0 Å². The Hall–Kier alpha value is -2.44. The second kappa shape index (κ2) is 4.28. The van der Waals surface area contributed by atoms with Crippen LogP contribution in [-0.2, 0) is 13.5 Å². The average molecular weight is 283 g/mol. The number of fused-ring (bicyclic) bond motifs is 2. The SMILES string of the molecule is Cc1nn(C2CCCc3c2cnn3C)c2ncnc(N)c12. The molecule has 3 heterocycles. The van der Waals surface area contributed by atoms with Gasteiger partial charge >= 0.3 is 0 Å². The van der Waals surface area contributed by atoms with E-state index in [1.54, 1.807) is 0 Å². The minimum absolute atomic E-state index is 0.174. The summed E-state index contributed by atoms with van der Waals surface area (Å²) in [7, 11) is 1.99. The zero-order valence-electron chi connectivity index (χ0n) is 12.1. The average Bonchev–Trinajstić information content (AvgIpc) is 3.02. The van der Waals surface area contributed by atoms with Crippen LogP contribution in [-0.4, -0.2) is 29.5 Å². The van der Waals surface area contributed by atoms with Gasteiger partial charge in [-0.2, -0.15) is 10.2 Å². The molecular formula is C14H17N7. The molecule has 1 aliphatic carbocycles. The van der Waals surface area contributed by atoms with Gasteiger partial charge in [0, 0.05) is 18.3 Å². The third-order valence-corrected chi connectivity index (χ3v) is 4.33. The Morgan fingerprint density at radius 1 is 1.33 bits per heavy atom. The van der Waals surface area contributed by atoms with E-state index in [0.717, 1.165) is 36.0 Å². The molecule has 7 heteroatoms. The van der Waals surface area contributed by atoms with Gasteiger partial charge in [0.1, 0.15) is 12.1 Å². The van der Waals surface area contributed by atoms with Crippen molar-refractivity contribution in [2.45, 2.75) is 32.2 Å². The number of aromatic nitrogens is 6. The van der Waals surface area contributed by atoms with Crippen molar-refractivity contribution < 1.29 is 0 Å². The number of hydrogen-bond donors (Lipinski definition) is 1. The Morgan fingerprint density at radius 3 is 3.05 bits per heavy atom. The molecule has 0 aliphatic heterocycles. The van der Waals surface area contributed by atoms with Crippen LogP contribution >= 0.6 is 0 Å². The van der Waals surface area contributed by atoms with Crippen molar-refractivity contribution >= 4 is 16.9 Å². The molecule has 0 saturated carbocycles. The van der Waals surface area contributed by atoms with Crippen molar-refractivity contribution in [1.29, 1.82) is 0 Å². The molecule has 2 N–H and O–H groups in total. The van der Waals surface area contributed by atoms with E-state index in [9.17, 15) is 0 Å². The number of aryl methyl sites for hydroxylation is 2. The Balaban J connectivity index is 1.94. The zero-order chi connectivity index (χ0) is 14.6. The monoisotopic (exact) mass is 283 g/mol. The van der Waals surface area contributed by atoms with E-state index in [1.165, 1.54) is 17.6 Å². The van der Waals surface area contributed by atoms with Gasteiger partial charge in [-0.3, -0.25) is 4.68 Å². The molecule has 4 rings (SSSR count). The fraction of sp³-hybridized carbons (Fsp3) is 0.429. The highest BCUT2D eigenvalue weighted by molar-refractivity contribution is 5.88. The smallest absolute Gasteiger partial charge is 0.164 e. The van der Waals surface area contributed by atoms with E-state index >= 15 is 0 Å². The fourth-order valence-corrected chi connectivity index (χ4v) is 3.32. The van der Waals surface area contributed by atoms with E-state index in [0.29, 0.717) is 5.82 Å². The third kappa shape index (κ3) is 1.66. The first-order chi connectivity index (χ1) is 10.2. The molecule has 0 fully saturated rings. The maximum Gasteiger partial charge on any atom is 0.164 e. The van der Waals surface area contributed by atoms with Gasteiger partial charge in [-0.05, 0) is 26.2 Å². The maximum absolute atomic E-state index is 5.98. The first kappa shape index (κ1) is 12.3. The number of nitrogens with zero attached hydrogens (tertiary/aromatic N) is 6. The van der Waals surface area contributed by atoms with Gasteiger partial charge in [0.2, 0.25) is 0 Å². The molecule has 0 saturated heterocycles. The van der Waals surface area contributed by atoms with Crippen molar-refractivity contribution in [3.8, 4) is 0 Å². The first-order valence-electron chi connectivity index (χ1n) is 7.13. The van der Waals surface area contributed by atoms with Crippen LogP contribution in [0.5, 0.6) is 0 Å². The topological polar surface area (TPSA) is 87.4 Å². The number of hydrogen-bond acceptors (Lipinski definition) is 5. The van der Waals surface area contributed by atoms with Crippen LogP contribution < -0.4 is 5.73 Å². The Labute approximate surface area is 121 Å². The predicted octanol–water partition coefficient (Wildman–Crippen LogP) is 1.38. The Bertz CT molecular complexity index is 829. The summed E-state index contributed by atoms with van der Waals surface area (Å²) < 4.78 is 3.95. The summed E-state index contributed by atoms with van der Waals surface area (Å²) in [5.74, 6) is 0.492. The standard InChI is InChI=1S/C14H17N7/c1-8-12-13(15)16-7-17-14(12)21(19-8)11-5-3-4-10-9(11)6-18-20(10)2/h6-7,11H,3-5H2,1-2H3,(H2,15,16,17). The Morgan fingerprint density at radius 2 is 2.19 bits per heavy atom. The van der Waals surface area contributed by atoms with Gasteiger partial charge in [0.25, 0.3) is 0 Å². The van der Waals surface area contributed by atoms with Crippen LogP contribution in [0.2, 0.25) is 0 Å². The number of rotatable bonds is 1. The van der Waals surface area contributed by atoms with E-state index in [4.69, 9.17) is 5.73 Å². The van der Waals surface area contributed by atoms with Crippen molar-refractivity contribution in [1.82, 2.24) is 29.5 Å². The molecule has 0 amide bonds. The number of nitrogen functional groups attached to an aromatic ring is 1. The summed E-state index contributed by atoms with van der Waals surface area (Å²) in [4.78, 5) is 8.47. The van der Waals surface area contributed by atoms with Gasteiger partial charge in [-0.25, -0.2) is 14.6 Å². The molecule has 3 aromatic rings. The molecule has 0 radical (unpaired) electrons. The lowest BCUT2D eigenvalue weighted by Crippen LogP contribution is -2.19. The lowest BCUT2D eigenvalue weighted by Gasteiger charge is -2.23. The van der Waals surface area contributed by atoms with Crippen LogP contribution in [0.1, 0.15) is 35.8 Å². The van der Waals surface area contributed by atoms with E-state index in [-0.39, 0.29) is 6.04 Å². The summed E-state index contributed by atoms with van der Waals surface area (Å²) in [5.41, 5.74) is 10.2. The maximum atomic E-state index is 5.98. The first-order valence-corrected chi connectivity index (χ1v) is 7.13. The highest BCUT2D eigenvalue weighted by atomic mass is 15.3. The Kier molecular flexibility index (Phi) is 2.51. The summed E-state index contributed by atoms with van der Waals surface area (Å²) >= 11 is 0. The summed E-state index contributed by atoms with van der Waals surface area (Å²) in [6, 6.07) is 0.174. The van der Waals surface area contributed by atoms with Crippen molar-refractivity contribution in [3.05, 3.63) is 29.5 Å². The highest BCUT2D eigenvalue weighted by Gasteiger charge is 2.28. The molecule has 0 spiro atoms. The van der Waals surface area contributed by atoms with Gasteiger partial charge in [0.15, 0.2) is 5.65 Å².